The molecule has 0 aliphatic rings. The zero-order valence-electron chi connectivity index (χ0n) is 9.88. The lowest BCUT2D eigenvalue weighted by atomic mass is 9.97. The summed E-state index contributed by atoms with van der Waals surface area (Å²) in [5.74, 6) is 1.77. The topological polar surface area (TPSA) is 18.5 Å². The van der Waals surface area contributed by atoms with Crippen molar-refractivity contribution in [2.24, 2.45) is 0 Å². The predicted octanol–water partition coefficient (Wildman–Crippen LogP) is 4.20. The number of methoxy groups -OCH3 is 2. The van der Waals surface area contributed by atoms with E-state index in [9.17, 15) is 0 Å². The minimum atomic E-state index is 0.0502. The summed E-state index contributed by atoms with van der Waals surface area (Å²) >= 11 is 9.59. The van der Waals surface area contributed by atoms with Crippen molar-refractivity contribution in [3.63, 3.8) is 0 Å². The van der Waals surface area contributed by atoms with Crippen LogP contribution in [0.25, 0.3) is 0 Å². The first kappa shape index (κ1) is 13.7. The Morgan fingerprint density at radius 3 is 2.25 bits per heavy atom. The van der Waals surface area contributed by atoms with Gasteiger partial charge in [-0.25, -0.2) is 0 Å². The maximum atomic E-state index is 6.12. The third kappa shape index (κ3) is 2.64. The van der Waals surface area contributed by atoms with E-state index in [1.807, 2.05) is 19.1 Å². The summed E-state index contributed by atoms with van der Waals surface area (Å²) in [7, 11) is 3.28. The fraction of sp³-hybridized carbons (Fsp3) is 0.500. The van der Waals surface area contributed by atoms with E-state index in [1.54, 1.807) is 14.2 Å². The molecule has 0 amide bonds. The van der Waals surface area contributed by atoms with Gasteiger partial charge in [-0.2, -0.15) is 0 Å². The summed E-state index contributed by atoms with van der Waals surface area (Å²) in [6, 6.07) is 3.91. The molecule has 2 atom stereocenters. The first-order valence-corrected chi connectivity index (χ1v) is 6.30. The quantitative estimate of drug-likeness (QED) is 0.776. The number of halogens is 2. The van der Waals surface area contributed by atoms with Gasteiger partial charge in [0.2, 0.25) is 0 Å². The SMILES string of the molecule is COc1ccc(C(C)C(C)Cl)c(OC)c1Br. The zero-order valence-corrected chi connectivity index (χ0v) is 12.2. The van der Waals surface area contributed by atoms with E-state index in [0.717, 1.165) is 21.5 Å². The van der Waals surface area contributed by atoms with Gasteiger partial charge in [-0.15, -0.1) is 11.6 Å². The van der Waals surface area contributed by atoms with Crippen LogP contribution >= 0.6 is 27.5 Å². The van der Waals surface area contributed by atoms with Gasteiger partial charge in [0.1, 0.15) is 16.0 Å². The molecule has 90 valence electrons. The fourth-order valence-corrected chi connectivity index (χ4v) is 2.34. The lowest BCUT2D eigenvalue weighted by Gasteiger charge is -2.19. The van der Waals surface area contributed by atoms with E-state index in [-0.39, 0.29) is 11.3 Å². The first-order chi connectivity index (χ1) is 7.52. The number of hydrogen-bond donors (Lipinski definition) is 0. The average Bonchev–Trinajstić information content (AvgIpc) is 2.27. The molecule has 0 bridgehead atoms. The van der Waals surface area contributed by atoms with Crippen molar-refractivity contribution in [2.45, 2.75) is 25.1 Å². The molecule has 0 radical (unpaired) electrons. The van der Waals surface area contributed by atoms with Crippen LogP contribution in [0.3, 0.4) is 0 Å². The van der Waals surface area contributed by atoms with Crippen LogP contribution in [0, 0.1) is 0 Å². The molecule has 0 aromatic heterocycles. The summed E-state index contributed by atoms with van der Waals surface area (Å²) in [5, 5.41) is 0.0502. The minimum absolute atomic E-state index is 0.0502. The summed E-state index contributed by atoms with van der Waals surface area (Å²) in [5.41, 5.74) is 1.08. The molecule has 2 nitrogen and oxygen atoms in total. The summed E-state index contributed by atoms with van der Waals surface area (Å²) in [6.07, 6.45) is 0. The Bertz CT molecular complexity index is 366. The molecular weight excluding hydrogens is 291 g/mol. The van der Waals surface area contributed by atoms with Gasteiger partial charge in [0.25, 0.3) is 0 Å². The van der Waals surface area contributed by atoms with Gasteiger partial charge in [-0.05, 0) is 34.5 Å². The van der Waals surface area contributed by atoms with E-state index in [4.69, 9.17) is 21.1 Å². The molecular formula is C12H16BrClO2. The van der Waals surface area contributed by atoms with Crippen LogP contribution in [0.1, 0.15) is 25.3 Å². The minimum Gasteiger partial charge on any atom is -0.495 e. The second kappa shape index (κ2) is 5.78. The average molecular weight is 308 g/mol. The molecule has 0 N–H and O–H groups in total. The molecule has 1 rings (SSSR count). The lowest BCUT2D eigenvalue weighted by Crippen LogP contribution is -2.07. The summed E-state index contributed by atoms with van der Waals surface area (Å²) in [4.78, 5) is 0. The van der Waals surface area contributed by atoms with Gasteiger partial charge in [0.15, 0.2) is 0 Å². The van der Waals surface area contributed by atoms with Crippen molar-refractivity contribution in [3.8, 4) is 11.5 Å². The van der Waals surface area contributed by atoms with E-state index in [0.29, 0.717) is 0 Å². The Balaban J connectivity index is 3.25. The third-order valence-electron chi connectivity index (χ3n) is 2.70. The Morgan fingerprint density at radius 2 is 1.81 bits per heavy atom. The molecule has 0 fully saturated rings. The molecule has 0 saturated carbocycles. The van der Waals surface area contributed by atoms with Crippen molar-refractivity contribution in [1.82, 2.24) is 0 Å². The van der Waals surface area contributed by atoms with Crippen molar-refractivity contribution >= 4 is 27.5 Å². The van der Waals surface area contributed by atoms with Gasteiger partial charge in [0.05, 0.1) is 14.2 Å². The number of ether oxygens (including phenoxy) is 2. The Labute approximate surface area is 110 Å². The van der Waals surface area contributed by atoms with Gasteiger partial charge >= 0.3 is 0 Å². The molecule has 0 aliphatic carbocycles. The molecule has 0 spiro atoms. The molecule has 0 saturated heterocycles. The molecule has 1 aromatic rings. The van der Waals surface area contributed by atoms with Gasteiger partial charge < -0.3 is 9.47 Å². The van der Waals surface area contributed by atoms with Gasteiger partial charge in [-0.3, -0.25) is 0 Å². The molecule has 0 aliphatic heterocycles. The van der Waals surface area contributed by atoms with Crippen LogP contribution in [-0.4, -0.2) is 19.6 Å². The van der Waals surface area contributed by atoms with E-state index < -0.39 is 0 Å². The fourth-order valence-electron chi connectivity index (χ4n) is 1.52. The van der Waals surface area contributed by atoms with Gasteiger partial charge in [-0.1, -0.05) is 13.0 Å². The predicted molar refractivity (Wildman–Crippen MR) is 71.0 cm³/mol. The smallest absolute Gasteiger partial charge is 0.140 e. The Morgan fingerprint density at radius 1 is 1.19 bits per heavy atom. The van der Waals surface area contributed by atoms with Gasteiger partial charge in [0, 0.05) is 11.3 Å². The Kier molecular flexibility index (Phi) is 4.93. The first-order valence-electron chi connectivity index (χ1n) is 5.07. The number of alkyl halides is 1. The molecule has 2 unspecified atom stereocenters. The second-order valence-electron chi connectivity index (χ2n) is 3.67. The van der Waals surface area contributed by atoms with E-state index >= 15 is 0 Å². The van der Waals surface area contributed by atoms with Crippen LogP contribution in [-0.2, 0) is 0 Å². The van der Waals surface area contributed by atoms with Crippen LogP contribution in [0.2, 0.25) is 0 Å². The maximum absolute atomic E-state index is 6.12. The highest BCUT2D eigenvalue weighted by atomic mass is 79.9. The zero-order chi connectivity index (χ0) is 12.3. The van der Waals surface area contributed by atoms with Crippen LogP contribution in [0.5, 0.6) is 11.5 Å². The van der Waals surface area contributed by atoms with Crippen LogP contribution in [0.15, 0.2) is 16.6 Å². The van der Waals surface area contributed by atoms with Crippen molar-refractivity contribution < 1.29 is 9.47 Å². The monoisotopic (exact) mass is 306 g/mol. The highest BCUT2D eigenvalue weighted by Gasteiger charge is 2.20. The Hall–Kier alpha value is -0.410. The summed E-state index contributed by atoms with van der Waals surface area (Å²) in [6.45, 7) is 4.05. The lowest BCUT2D eigenvalue weighted by molar-refractivity contribution is 0.384. The van der Waals surface area contributed by atoms with E-state index in [1.165, 1.54) is 0 Å². The molecule has 4 heteroatoms. The van der Waals surface area contributed by atoms with E-state index in [2.05, 4.69) is 22.9 Å². The normalized spacial score (nSPS) is 14.4. The standard InChI is InChI=1S/C12H16BrClO2/c1-7(8(2)14)9-5-6-10(15-3)11(13)12(9)16-4/h5-8H,1-4H3. The van der Waals surface area contributed by atoms with Crippen LogP contribution < -0.4 is 9.47 Å². The second-order valence-corrected chi connectivity index (χ2v) is 5.15. The van der Waals surface area contributed by atoms with Crippen molar-refractivity contribution in [2.75, 3.05) is 14.2 Å². The number of benzene rings is 1. The number of rotatable bonds is 4. The maximum Gasteiger partial charge on any atom is 0.140 e. The largest absolute Gasteiger partial charge is 0.495 e. The summed E-state index contributed by atoms with van der Waals surface area (Å²) < 4.78 is 11.5. The van der Waals surface area contributed by atoms with Crippen molar-refractivity contribution in [3.05, 3.63) is 22.2 Å². The number of hydrogen-bond acceptors (Lipinski definition) is 2. The highest BCUT2D eigenvalue weighted by Crippen LogP contribution is 2.41. The van der Waals surface area contributed by atoms with Crippen LogP contribution in [0.4, 0.5) is 0 Å². The molecule has 16 heavy (non-hydrogen) atoms. The molecule has 1 aromatic carbocycles. The third-order valence-corrected chi connectivity index (χ3v) is 3.82. The van der Waals surface area contributed by atoms with Crippen molar-refractivity contribution in [1.29, 1.82) is 0 Å². The molecule has 0 heterocycles. The highest BCUT2D eigenvalue weighted by molar-refractivity contribution is 9.10.